The Morgan fingerprint density at radius 1 is 1.14 bits per heavy atom. The second-order valence-electron chi connectivity index (χ2n) is 4.38. The molecule has 0 atom stereocenters. The van der Waals surface area contributed by atoms with Crippen molar-refractivity contribution in [2.75, 3.05) is 6.61 Å². The average Bonchev–Trinajstić information content (AvgIpc) is 2.52. The van der Waals surface area contributed by atoms with Crippen LogP contribution < -0.4 is 4.74 Å². The van der Waals surface area contributed by atoms with Crippen LogP contribution in [-0.4, -0.2) is 17.5 Å². The Hall–Kier alpha value is -2.81. The molecule has 0 heterocycles. The molecule has 2 rings (SSSR count). The standard InChI is InChI=1S/C18H16O3/c1-2-13-21-18-6-4-3-5-15(18)9-12-17(20)14-7-10-16(19)11-8-14/h2-12,19H,1,13H2/b12-9+. The Morgan fingerprint density at radius 2 is 1.86 bits per heavy atom. The van der Waals surface area contributed by atoms with Crippen LogP contribution in [-0.2, 0) is 0 Å². The van der Waals surface area contributed by atoms with Crippen LogP contribution in [0.15, 0.2) is 67.3 Å². The van der Waals surface area contributed by atoms with Crippen molar-refractivity contribution in [1.29, 1.82) is 0 Å². The van der Waals surface area contributed by atoms with Gasteiger partial charge in [0.2, 0.25) is 0 Å². The number of aromatic hydroxyl groups is 1. The second kappa shape index (κ2) is 7.10. The molecular weight excluding hydrogens is 264 g/mol. The van der Waals surface area contributed by atoms with Gasteiger partial charge in [0.25, 0.3) is 0 Å². The van der Waals surface area contributed by atoms with Crippen molar-refractivity contribution in [3.8, 4) is 11.5 Å². The summed E-state index contributed by atoms with van der Waals surface area (Å²) in [4.78, 5) is 12.0. The SMILES string of the molecule is C=CCOc1ccccc1/C=C/C(=O)c1ccc(O)cc1. The number of ketones is 1. The lowest BCUT2D eigenvalue weighted by Crippen LogP contribution is -1.96. The molecule has 21 heavy (non-hydrogen) atoms. The molecule has 0 amide bonds. The molecule has 3 nitrogen and oxygen atoms in total. The zero-order chi connectivity index (χ0) is 15.1. The van der Waals surface area contributed by atoms with Gasteiger partial charge in [-0.1, -0.05) is 30.9 Å². The maximum Gasteiger partial charge on any atom is 0.185 e. The molecule has 0 aliphatic rings. The second-order valence-corrected chi connectivity index (χ2v) is 4.38. The Balaban J connectivity index is 2.15. The summed E-state index contributed by atoms with van der Waals surface area (Å²) in [5.41, 5.74) is 1.35. The van der Waals surface area contributed by atoms with E-state index in [1.54, 1.807) is 24.3 Å². The minimum atomic E-state index is -0.131. The smallest absolute Gasteiger partial charge is 0.185 e. The first-order valence-corrected chi connectivity index (χ1v) is 6.55. The van der Waals surface area contributed by atoms with Gasteiger partial charge < -0.3 is 9.84 Å². The molecule has 0 bridgehead atoms. The van der Waals surface area contributed by atoms with Crippen molar-refractivity contribution < 1.29 is 14.6 Å². The fourth-order valence-electron chi connectivity index (χ4n) is 1.79. The van der Waals surface area contributed by atoms with Gasteiger partial charge in [-0.25, -0.2) is 0 Å². The van der Waals surface area contributed by atoms with Crippen molar-refractivity contribution in [3.05, 3.63) is 78.4 Å². The zero-order valence-corrected chi connectivity index (χ0v) is 11.5. The largest absolute Gasteiger partial charge is 0.508 e. The number of carbonyl (C=O) groups excluding carboxylic acids is 1. The number of ether oxygens (including phenoxy) is 1. The normalized spacial score (nSPS) is 10.5. The Bertz CT molecular complexity index is 654. The monoisotopic (exact) mass is 280 g/mol. The van der Waals surface area contributed by atoms with E-state index in [0.29, 0.717) is 17.9 Å². The van der Waals surface area contributed by atoms with Crippen LogP contribution in [0.25, 0.3) is 6.08 Å². The van der Waals surface area contributed by atoms with Crippen LogP contribution in [0.3, 0.4) is 0 Å². The van der Waals surface area contributed by atoms with Gasteiger partial charge in [0, 0.05) is 11.1 Å². The molecule has 0 aliphatic heterocycles. The van der Waals surface area contributed by atoms with E-state index >= 15 is 0 Å². The summed E-state index contributed by atoms with van der Waals surface area (Å²) >= 11 is 0. The topological polar surface area (TPSA) is 46.5 Å². The molecule has 0 radical (unpaired) electrons. The third-order valence-electron chi connectivity index (χ3n) is 2.84. The molecular formula is C18H16O3. The molecule has 1 N–H and O–H groups in total. The first kappa shape index (κ1) is 14.6. The molecule has 0 aliphatic carbocycles. The van der Waals surface area contributed by atoms with Crippen LogP contribution in [0.4, 0.5) is 0 Å². The lowest BCUT2D eigenvalue weighted by molar-refractivity contribution is 0.104. The average molecular weight is 280 g/mol. The first-order valence-electron chi connectivity index (χ1n) is 6.55. The third-order valence-corrected chi connectivity index (χ3v) is 2.84. The van der Waals surface area contributed by atoms with E-state index in [2.05, 4.69) is 6.58 Å². The zero-order valence-electron chi connectivity index (χ0n) is 11.5. The minimum Gasteiger partial charge on any atom is -0.508 e. The molecule has 0 saturated carbocycles. The maximum atomic E-state index is 12.0. The molecule has 2 aromatic carbocycles. The van der Waals surface area contributed by atoms with Crippen molar-refractivity contribution in [2.24, 2.45) is 0 Å². The number of para-hydroxylation sites is 1. The Labute approximate surface area is 123 Å². The summed E-state index contributed by atoms with van der Waals surface area (Å²) in [6, 6.07) is 13.6. The number of carbonyl (C=O) groups is 1. The molecule has 0 unspecified atom stereocenters. The number of phenolic OH excluding ortho intramolecular Hbond substituents is 1. The molecule has 0 saturated heterocycles. The van der Waals surface area contributed by atoms with E-state index in [1.165, 1.54) is 18.2 Å². The summed E-state index contributed by atoms with van der Waals surface area (Å²) in [5, 5.41) is 9.21. The Morgan fingerprint density at radius 3 is 2.57 bits per heavy atom. The van der Waals surface area contributed by atoms with E-state index in [0.717, 1.165) is 5.56 Å². The summed E-state index contributed by atoms with van der Waals surface area (Å²) in [7, 11) is 0. The van der Waals surface area contributed by atoms with Gasteiger partial charge in [0.05, 0.1) is 0 Å². The summed E-state index contributed by atoms with van der Waals surface area (Å²) in [5.74, 6) is 0.708. The summed E-state index contributed by atoms with van der Waals surface area (Å²) < 4.78 is 5.53. The van der Waals surface area contributed by atoms with Crippen LogP contribution in [0.2, 0.25) is 0 Å². The van der Waals surface area contributed by atoms with Gasteiger partial charge in [0.1, 0.15) is 18.1 Å². The van der Waals surface area contributed by atoms with Crippen LogP contribution in [0.1, 0.15) is 15.9 Å². The predicted octanol–water partition coefficient (Wildman–Crippen LogP) is 3.85. The van der Waals surface area contributed by atoms with Gasteiger partial charge in [-0.15, -0.1) is 0 Å². The van der Waals surface area contributed by atoms with Crippen LogP contribution >= 0.6 is 0 Å². The molecule has 106 valence electrons. The van der Waals surface area contributed by atoms with Gasteiger partial charge >= 0.3 is 0 Å². The highest BCUT2D eigenvalue weighted by Gasteiger charge is 2.03. The van der Waals surface area contributed by atoms with Gasteiger partial charge in [-0.2, -0.15) is 0 Å². The van der Waals surface area contributed by atoms with Crippen LogP contribution in [0, 0.1) is 0 Å². The minimum absolute atomic E-state index is 0.131. The number of allylic oxidation sites excluding steroid dienone is 1. The predicted molar refractivity (Wildman–Crippen MR) is 83.6 cm³/mol. The number of rotatable bonds is 6. The molecule has 0 spiro atoms. The van der Waals surface area contributed by atoms with Gasteiger partial charge in [-0.3, -0.25) is 4.79 Å². The van der Waals surface area contributed by atoms with E-state index < -0.39 is 0 Å². The molecule has 0 fully saturated rings. The van der Waals surface area contributed by atoms with Crippen molar-refractivity contribution in [2.45, 2.75) is 0 Å². The Kier molecular flexibility index (Phi) is 4.94. The fraction of sp³-hybridized carbons (Fsp3) is 0.0556. The highest BCUT2D eigenvalue weighted by Crippen LogP contribution is 2.20. The van der Waals surface area contributed by atoms with Crippen LogP contribution in [0.5, 0.6) is 11.5 Å². The number of hydrogen-bond donors (Lipinski definition) is 1. The van der Waals surface area contributed by atoms with Crippen molar-refractivity contribution in [3.63, 3.8) is 0 Å². The fourth-order valence-corrected chi connectivity index (χ4v) is 1.79. The van der Waals surface area contributed by atoms with E-state index in [-0.39, 0.29) is 11.5 Å². The molecule has 0 aromatic heterocycles. The van der Waals surface area contributed by atoms with Crippen molar-refractivity contribution >= 4 is 11.9 Å². The summed E-state index contributed by atoms with van der Waals surface area (Å²) in [6.45, 7) is 4.02. The maximum absolute atomic E-state index is 12.0. The van der Waals surface area contributed by atoms with E-state index in [4.69, 9.17) is 4.74 Å². The van der Waals surface area contributed by atoms with Gasteiger partial charge in [-0.05, 0) is 42.5 Å². The third kappa shape index (κ3) is 4.08. The highest BCUT2D eigenvalue weighted by atomic mass is 16.5. The summed E-state index contributed by atoms with van der Waals surface area (Å²) in [6.07, 6.45) is 4.87. The lowest BCUT2D eigenvalue weighted by atomic mass is 10.1. The molecule has 2 aromatic rings. The van der Waals surface area contributed by atoms with Gasteiger partial charge in [0.15, 0.2) is 5.78 Å². The van der Waals surface area contributed by atoms with E-state index in [1.807, 2.05) is 24.3 Å². The number of hydrogen-bond acceptors (Lipinski definition) is 3. The quantitative estimate of drug-likeness (QED) is 0.496. The number of benzene rings is 2. The van der Waals surface area contributed by atoms with E-state index in [9.17, 15) is 9.90 Å². The number of phenols is 1. The lowest BCUT2D eigenvalue weighted by Gasteiger charge is -2.06. The first-order chi connectivity index (χ1) is 10.2. The van der Waals surface area contributed by atoms with Crippen molar-refractivity contribution in [1.82, 2.24) is 0 Å². The molecule has 3 heteroatoms. The highest BCUT2D eigenvalue weighted by molar-refractivity contribution is 6.07.